The second-order valence-electron chi connectivity index (χ2n) is 8.17. The first-order valence-corrected chi connectivity index (χ1v) is 10.7. The van der Waals surface area contributed by atoms with Crippen molar-refractivity contribution < 1.29 is 44.9 Å². The van der Waals surface area contributed by atoms with Crippen molar-refractivity contribution in [2.24, 2.45) is 0 Å². The molecule has 1 aliphatic rings. The Morgan fingerprint density at radius 3 is 2.22 bits per heavy atom. The van der Waals surface area contributed by atoms with Gasteiger partial charge in [-0.2, -0.15) is 17.6 Å². The zero-order chi connectivity index (χ0) is 26.1. The van der Waals surface area contributed by atoms with Gasteiger partial charge in [-0.15, -0.1) is 0 Å². The van der Waals surface area contributed by atoms with Crippen LogP contribution >= 0.6 is 0 Å². The van der Waals surface area contributed by atoms with Crippen molar-refractivity contribution >= 4 is 0 Å². The summed E-state index contributed by atoms with van der Waals surface area (Å²) >= 11 is 0. The summed E-state index contributed by atoms with van der Waals surface area (Å²) in [5, 5.41) is 0. The van der Waals surface area contributed by atoms with Crippen LogP contribution in [0, 0.1) is 24.4 Å². The van der Waals surface area contributed by atoms with Crippen LogP contribution in [0.15, 0.2) is 48.8 Å². The quantitative estimate of drug-likeness (QED) is 0.353. The highest BCUT2D eigenvalue weighted by Gasteiger charge is 2.48. The predicted octanol–water partition coefficient (Wildman–Crippen LogP) is 6.15. The van der Waals surface area contributed by atoms with Crippen LogP contribution < -0.4 is 4.74 Å². The Morgan fingerprint density at radius 1 is 0.889 bits per heavy atom. The first-order chi connectivity index (χ1) is 16.9. The Hall–Kier alpha value is -3.25. The van der Waals surface area contributed by atoms with E-state index in [0.717, 1.165) is 18.5 Å². The summed E-state index contributed by atoms with van der Waals surface area (Å²) in [6, 6.07) is 6.30. The first kappa shape index (κ1) is 25.8. The average Bonchev–Trinajstić information content (AvgIpc) is 2.81. The molecule has 0 aliphatic carbocycles. The fourth-order valence-corrected chi connectivity index (χ4v) is 3.58. The molecule has 0 spiro atoms. The lowest BCUT2D eigenvalue weighted by Crippen LogP contribution is -2.47. The van der Waals surface area contributed by atoms with Gasteiger partial charge >= 0.3 is 12.2 Å². The summed E-state index contributed by atoms with van der Waals surface area (Å²) in [5.74, 6) is -4.79. The van der Waals surface area contributed by atoms with Crippen LogP contribution in [-0.2, 0) is 15.6 Å². The number of halogens is 7. The van der Waals surface area contributed by atoms with E-state index in [1.165, 1.54) is 12.1 Å². The molecule has 1 fully saturated rings. The first-order valence-electron chi connectivity index (χ1n) is 10.7. The van der Waals surface area contributed by atoms with Crippen LogP contribution in [-0.4, -0.2) is 34.9 Å². The number of aromatic nitrogens is 2. The smallest absolute Gasteiger partial charge is 0.424 e. The van der Waals surface area contributed by atoms with Gasteiger partial charge in [0.1, 0.15) is 11.6 Å². The normalized spacial score (nSPS) is 18.8. The largest absolute Gasteiger partial charge is 0.431 e. The third-order valence-electron chi connectivity index (χ3n) is 5.42. The molecule has 1 saturated heterocycles. The Balaban J connectivity index is 1.35. The summed E-state index contributed by atoms with van der Waals surface area (Å²) in [6.45, 7) is 1.08. The average molecular weight is 516 g/mol. The molecule has 36 heavy (non-hydrogen) atoms. The number of rotatable bonds is 7. The van der Waals surface area contributed by atoms with Crippen molar-refractivity contribution in [2.75, 3.05) is 6.61 Å². The number of hydrogen-bond donors (Lipinski definition) is 0. The Kier molecular flexibility index (Phi) is 7.19. The molecule has 0 bridgehead atoms. The zero-order valence-corrected chi connectivity index (χ0v) is 18.7. The van der Waals surface area contributed by atoms with Crippen molar-refractivity contribution in [1.29, 1.82) is 0 Å². The Labute approximate surface area is 200 Å². The predicted molar refractivity (Wildman–Crippen MR) is 112 cm³/mol. The van der Waals surface area contributed by atoms with E-state index in [4.69, 9.17) is 9.47 Å². The minimum Gasteiger partial charge on any atom is -0.431 e. The molecule has 2 unspecified atom stereocenters. The van der Waals surface area contributed by atoms with Gasteiger partial charge in [0.25, 0.3) is 0 Å². The number of alkyl halides is 4. The van der Waals surface area contributed by atoms with E-state index in [9.17, 15) is 30.7 Å². The fourth-order valence-electron chi connectivity index (χ4n) is 3.58. The van der Waals surface area contributed by atoms with E-state index >= 15 is 0 Å². The molecule has 1 aliphatic heterocycles. The molecule has 2 heterocycles. The van der Waals surface area contributed by atoms with Crippen LogP contribution in [0.5, 0.6) is 5.75 Å². The van der Waals surface area contributed by atoms with E-state index in [1.807, 2.05) is 0 Å². The van der Waals surface area contributed by atoms with Gasteiger partial charge in [-0.3, -0.25) is 0 Å². The molecule has 0 N–H and O–H groups in total. The van der Waals surface area contributed by atoms with Gasteiger partial charge in [-0.05, 0) is 43.5 Å². The molecule has 4 rings (SSSR count). The fraction of sp³-hybridized carbons (Fsp3) is 0.333. The topological polar surface area (TPSA) is 53.5 Å². The van der Waals surface area contributed by atoms with Crippen molar-refractivity contribution in [2.45, 2.75) is 44.2 Å². The van der Waals surface area contributed by atoms with E-state index in [2.05, 4.69) is 14.7 Å². The van der Waals surface area contributed by atoms with Crippen LogP contribution in [0.4, 0.5) is 30.7 Å². The molecular formula is C24H19F7N2O3. The number of hydrogen-bond acceptors (Lipinski definition) is 5. The SMILES string of the molecule is Cc1ccc(-c2cnc(C(F)(F)OC3CCC(C(F)(F)Oc4ccc(F)c(F)c4)OC3)nc2)c(F)c1. The minimum atomic E-state index is -3.98. The number of aryl methyl sites for hydroxylation is 1. The lowest BCUT2D eigenvalue weighted by molar-refractivity contribution is -0.313. The maximum Gasteiger partial charge on any atom is 0.424 e. The Bertz CT molecular complexity index is 1220. The zero-order valence-electron chi connectivity index (χ0n) is 18.7. The molecular weight excluding hydrogens is 497 g/mol. The van der Waals surface area contributed by atoms with Gasteiger partial charge in [0.05, 0.1) is 12.7 Å². The molecule has 1 aromatic heterocycles. The minimum absolute atomic E-state index is 0.134. The van der Waals surface area contributed by atoms with Crippen LogP contribution in [0.3, 0.4) is 0 Å². The monoisotopic (exact) mass is 516 g/mol. The Morgan fingerprint density at radius 2 is 1.61 bits per heavy atom. The van der Waals surface area contributed by atoms with E-state index in [-0.39, 0.29) is 17.5 Å². The highest BCUT2D eigenvalue weighted by atomic mass is 19.3. The van der Waals surface area contributed by atoms with Gasteiger partial charge in [-0.1, -0.05) is 12.1 Å². The standard InChI is InChI=1S/C24H19F7N2O3/c1-13-2-5-17(19(26)8-13)14-10-32-22(33-11-14)24(30,31)36-16-4-7-21(34-12-16)23(28,29)35-15-3-6-18(25)20(27)9-15/h2-3,5-6,8-11,16,21H,4,7,12H2,1H3. The van der Waals surface area contributed by atoms with Crippen molar-refractivity contribution in [3.8, 4) is 16.9 Å². The number of nitrogens with zero attached hydrogens (tertiary/aromatic N) is 2. The maximum absolute atomic E-state index is 14.6. The molecule has 5 nitrogen and oxygen atoms in total. The molecule has 3 aromatic rings. The van der Waals surface area contributed by atoms with Gasteiger partial charge in [-0.25, -0.2) is 23.1 Å². The van der Waals surface area contributed by atoms with E-state index < -0.39 is 66.5 Å². The molecule has 0 amide bonds. The maximum atomic E-state index is 14.6. The molecule has 12 heteroatoms. The molecule has 2 atom stereocenters. The summed E-state index contributed by atoms with van der Waals surface area (Å²) in [6.07, 6.45) is -9.65. The van der Waals surface area contributed by atoms with Crippen molar-refractivity contribution in [3.63, 3.8) is 0 Å². The number of ether oxygens (including phenoxy) is 3. The van der Waals surface area contributed by atoms with Gasteiger partial charge in [0.15, 0.2) is 17.7 Å². The van der Waals surface area contributed by atoms with Crippen molar-refractivity contribution in [3.05, 3.63) is 77.6 Å². The molecule has 2 aromatic carbocycles. The summed E-state index contributed by atoms with van der Waals surface area (Å²) in [5.41, 5.74) is 0.994. The van der Waals surface area contributed by atoms with E-state index in [1.54, 1.807) is 13.0 Å². The summed E-state index contributed by atoms with van der Waals surface area (Å²) in [7, 11) is 0. The lowest BCUT2D eigenvalue weighted by atomic mass is 10.1. The van der Waals surface area contributed by atoms with Crippen LogP contribution in [0.25, 0.3) is 11.1 Å². The summed E-state index contributed by atoms with van der Waals surface area (Å²) in [4.78, 5) is 7.16. The van der Waals surface area contributed by atoms with Gasteiger partial charge in [0, 0.05) is 29.6 Å². The summed E-state index contributed by atoms with van der Waals surface area (Å²) < 4.78 is 112. The second-order valence-corrected chi connectivity index (χ2v) is 8.17. The lowest BCUT2D eigenvalue weighted by Gasteiger charge is -2.34. The van der Waals surface area contributed by atoms with Crippen LogP contribution in [0.2, 0.25) is 0 Å². The van der Waals surface area contributed by atoms with E-state index in [0.29, 0.717) is 17.7 Å². The molecule has 192 valence electrons. The highest BCUT2D eigenvalue weighted by Crippen LogP contribution is 2.36. The van der Waals surface area contributed by atoms with Gasteiger partial charge < -0.3 is 14.2 Å². The van der Waals surface area contributed by atoms with Gasteiger partial charge in [0.2, 0.25) is 5.82 Å². The molecule has 0 radical (unpaired) electrons. The third kappa shape index (κ3) is 5.76. The van der Waals surface area contributed by atoms with Crippen molar-refractivity contribution in [1.82, 2.24) is 9.97 Å². The number of benzene rings is 2. The van der Waals surface area contributed by atoms with Crippen LogP contribution in [0.1, 0.15) is 24.2 Å². The highest BCUT2D eigenvalue weighted by molar-refractivity contribution is 5.62. The third-order valence-corrected chi connectivity index (χ3v) is 5.42. The molecule has 0 saturated carbocycles. The second kappa shape index (κ2) is 10.0.